The number of nitriles is 1. The number of hydrogen-bond acceptors (Lipinski definition) is 3. The van der Waals surface area contributed by atoms with Gasteiger partial charge in [-0.2, -0.15) is 5.26 Å². The Kier molecular flexibility index (Phi) is 6.33. The van der Waals surface area contributed by atoms with Gasteiger partial charge in [0.1, 0.15) is 11.8 Å². The monoisotopic (exact) mass is 414 g/mol. The lowest BCUT2D eigenvalue weighted by molar-refractivity contribution is 0.492. The van der Waals surface area contributed by atoms with E-state index in [9.17, 15) is 5.26 Å². The van der Waals surface area contributed by atoms with Gasteiger partial charge >= 0.3 is 0 Å². The molecule has 0 heterocycles. The summed E-state index contributed by atoms with van der Waals surface area (Å²) in [6.45, 7) is 11.2. The highest BCUT2D eigenvalue weighted by Crippen LogP contribution is 2.38. The average Bonchev–Trinajstić information content (AvgIpc) is 2.73. The lowest BCUT2D eigenvalue weighted by atomic mass is 10.0. The predicted octanol–water partition coefficient (Wildman–Crippen LogP) is 7.47. The van der Waals surface area contributed by atoms with E-state index in [4.69, 9.17) is 4.43 Å². The Balaban J connectivity index is 1.95. The van der Waals surface area contributed by atoms with Gasteiger partial charge in [-0.05, 0) is 60.1 Å². The molecule has 0 bridgehead atoms. The fraction of sp³-hybridized carbons (Fsp3) is 0.269. The van der Waals surface area contributed by atoms with E-state index < -0.39 is 14.4 Å². The zero-order chi connectivity index (χ0) is 21.8. The average molecular weight is 415 g/mol. The Morgan fingerprint density at radius 3 is 1.67 bits per heavy atom. The van der Waals surface area contributed by atoms with Crippen LogP contribution in [0.2, 0.25) is 18.1 Å². The van der Waals surface area contributed by atoms with Crippen LogP contribution in [0.1, 0.15) is 32.4 Å². The smallest absolute Gasteiger partial charge is 0.250 e. The molecule has 154 valence electrons. The zero-order valence-corrected chi connectivity index (χ0v) is 19.5. The first-order valence-corrected chi connectivity index (χ1v) is 13.2. The topological polar surface area (TPSA) is 36.3 Å². The predicted molar refractivity (Wildman–Crippen MR) is 128 cm³/mol. The Bertz CT molecular complexity index is 948. The highest BCUT2D eigenvalue weighted by Gasteiger charge is 2.39. The summed E-state index contributed by atoms with van der Waals surface area (Å²) in [6, 6.07) is 30.2. The van der Waals surface area contributed by atoms with Crippen molar-refractivity contribution < 1.29 is 4.43 Å². The highest BCUT2D eigenvalue weighted by molar-refractivity contribution is 6.74. The van der Waals surface area contributed by atoms with Gasteiger partial charge in [0.05, 0.1) is 6.07 Å². The van der Waals surface area contributed by atoms with E-state index in [2.05, 4.69) is 44.8 Å². The molecule has 0 amide bonds. The summed E-state index contributed by atoms with van der Waals surface area (Å²) in [5.41, 5.74) is 2.90. The van der Waals surface area contributed by atoms with Crippen molar-refractivity contribution in [2.45, 2.75) is 44.9 Å². The summed E-state index contributed by atoms with van der Waals surface area (Å²) in [5, 5.41) is 10.3. The molecule has 0 aromatic heterocycles. The van der Waals surface area contributed by atoms with Gasteiger partial charge in [-0.25, -0.2) is 0 Å². The zero-order valence-electron chi connectivity index (χ0n) is 18.5. The molecular weight excluding hydrogens is 384 g/mol. The molecule has 1 atom stereocenters. The molecule has 0 aliphatic heterocycles. The van der Waals surface area contributed by atoms with E-state index >= 15 is 0 Å². The SMILES string of the molecule is CC(C)(C)[Si](C)(C)Oc1ccc(C(C#N)N(c2ccccc2)c2ccccc2)cc1. The number of nitrogens with zero attached hydrogens (tertiary/aromatic N) is 2. The highest BCUT2D eigenvalue weighted by atomic mass is 28.4. The normalized spacial score (nSPS) is 12.7. The second-order valence-electron chi connectivity index (χ2n) is 9.00. The molecule has 0 saturated carbocycles. The van der Waals surface area contributed by atoms with Crippen molar-refractivity contribution in [1.82, 2.24) is 0 Å². The molecule has 0 saturated heterocycles. The maximum absolute atomic E-state index is 10.1. The van der Waals surface area contributed by atoms with Gasteiger partial charge in [-0.15, -0.1) is 0 Å². The van der Waals surface area contributed by atoms with Gasteiger partial charge in [0, 0.05) is 11.4 Å². The van der Waals surface area contributed by atoms with Crippen LogP contribution in [0.4, 0.5) is 11.4 Å². The number of para-hydroxylation sites is 2. The lowest BCUT2D eigenvalue weighted by Gasteiger charge is -2.36. The van der Waals surface area contributed by atoms with Crippen molar-refractivity contribution in [1.29, 1.82) is 5.26 Å². The van der Waals surface area contributed by atoms with Gasteiger partial charge in [-0.3, -0.25) is 0 Å². The van der Waals surface area contributed by atoms with Gasteiger partial charge < -0.3 is 9.33 Å². The summed E-state index contributed by atoms with van der Waals surface area (Å²) >= 11 is 0. The fourth-order valence-electron chi connectivity index (χ4n) is 3.07. The molecule has 1 unspecified atom stereocenters. The van der Waals surface area contributed by atoms with E-state index in [1.165, 1.54) is 0 Å². The molecular formula is C26H30N2OSi. The Morgan fingerprint density at radius 1 is 0.800 bits per heavy atom. The molecule has 0 aliphatic rings. The van der Waals surface area contributed by atoms with E-state index in [1.807, 2.05) is 84.9 Å². The standard InChI is InChI=1S/C26H30N2OSi/c1-26(2,3)30(4,5)29-24-18-16-21(17-19-24)25(20-27)28(22-12-8-6-9-13-22)23-14-10-7-11-15-23/h6-19,25H,1-5H3. The van der Waals surface area contributed by atoms with E-state index in [1.54, 1.807) is 0 Å². The molecule has 0 radical (unpaired) electrons. The summed E-state index contributed by atoms with van der Waals surface area (Å²) < 4.78 is 6.41. The third kappa shape index (κ3) is 4.75. The molecule has 30 heavy (non-hydrogen) atoms. The van der Waals surface area contributed by atoms with Crippen molar-refractivity contribution in [3.8, 4) is 11.8 Å². The quantitative estimate of drug-likeness (QED) is 0.392. The first-order valence-electron chi connectivity index (χ1n) is 10.3. The molecule has 4 heteroatoms. The summed E-state index contributed by atoms with van der Waals surface area (Å²) in [6.07, 6.45) is 0. The van der Waals surface area contributed by atoms with Gasteiger partial charge in [0.15, 0.2) is 0 Å². The van der Waals surface area contributed by atoms with Crippen LogP contribution in [0.5, 0.6) is 5.75 Å². The second kappa shape index (κ2) is 8.77. The second-order valence-corrected chi connectivity index (χ2v) is 13.7. The number of rotatable bonds is 6. The molecule has 3 aromatic rings. The Hall–Kier alpha value is -3.03. The first-order chi connectivity index (χ1) is 14.2. The molecule has 0 N–H and O–H groups in total. The van der Waals surface area contributed by atoms with E-state index in [0.29, 0.717) is 0 Å². The summed E-state index contributed by atoms with van der Waals surface area (Å²) in [4.78, 5) is 2.07. The third-order valence-corrected chi connectivity index (χ3v) is 10.2. The van der Waals surface area contributed by atoms with Crippen molar-refractivity contribution in [2.75, 3.05) is 4.90 Å². The third-order valence-electron chi connectivity index (χ3n) is 5.82. The summed E-state index contributed by atoms with van der Waals surface area (Å²) in [7, 11) is -1.90. The van der Waals surface area contributed by atoms with Gasteiger partial charge in [-0.1, -0.05) is 69.3 Å². The van der Waals surface area contributed by atoms with Gasteiger partial charge in [0.25, 0.3) is 0 Å². The van der Waals surface area contributed by atoms with Crippen LogP contribution in [-0.4, -0.2) is 8.32 Å². The van der Waals surface area contributed by atoms with Crippen LogP contribution < -0.4 is 9.33 Å². The minimum atomic E-state index is -1.90. The molecule has 0 spiro atoms. The van der Waals surface area contributed by atoms with Crippen LogP contribution in [-0.2, 0) is 0 Å². The number of hydrogen-bond donors (Lipinski definition) is 0. The molecule has 3 rings (SSSR count). The van der Waals surface area contributed by atoms with Gasteiger partial charge in [0.2, 0.25) is 8.32 Å². The number of anilines is 2. The molecule has 0 aliphatic carbocycles. The maximum atomic E-state index is 10.1. The molecule has 0 fully saturated rings. The van der Waals surface area contributed by atoms with Crippen LogP contribution in [0.15, 0.2) is 84.9 Å². The molecule has 3 aromatic carbocycles. The van der Waals surface area contributed by atoms with Crippen LogP contribution >= 0.6 is 0 Å². The Labute approximate surface area is 181 Å². The first kappa shape index (κ1) is 21.7. The largest absolute Gasteiger partial charge is 0.544 e. The van der Waals surface area contributed by atoms with E-state index in [0.717, 1.165) is 22.7 Å². The minimum Gasteiger partial charge on any atom is -0.544 e. The lowest BCUT2D eigenvalue weighted by Crippen LogP contribution is -2.43. The van der Waals surface area contributed by atoms with Crippen LogP contribution in [0.3, 0.4) is 0 Å². The van der Waals surface area contributed by atoms with Crippen molar-refractivity contribution >= 4 is 19.7 Å². The summed E-state index contributed by atoms with van der Waals surface area (Å²) in [5.74, 6) is 0.869. The minimum absolute atomic E-state index is 0.137. The van der Waals surface area contributed by atoms with Crippen molar-refractivity contribution in [3.63, 3.8) is 0 Å². The Morgan fingerprint density at radius 2 is 1.27 bits per heavy atom. The van der Waals surface area contributed by atoms with Crippen LogP contribution in [0, 0.1) is 11.3 Å². The maximum Gasteiger partial charge on any atom is 0.250 e. The van der Waals surface area contributed by atoms with Crippen molar-refractivity contribution in [3.05, 3.63) is 90.5 Å². The van der Waals surface area contributed by atoms with Crippen molar-refractivity contribution in [2.24, 2.45) is 0 Å². The van der Waals surface area contributed by atoms with E-state index in [-0.39, 0.29) is 5.04 Å². The molecule has 3 nitrogen and oxygen atoms in total. The number of benzene rings is 3. The fourth-order valence-corrected chi connectivity index (χ4v) is 4.10. The van der Waals surface area contributed by atoms with Crippen LogP contribution in [0.25, 0.3) is 0 Å².